The fourth-order valence-electron chi connectivity index (χ4n) is 6.51. The maximum atomic E-state index is 16.5. The van der Waals surface area contributed by atoms with Crippen LogP contribution in [0.3, 0.4) is 0 Å². The molecule has 1 aliphatic rings. The Hall–Kier alpha value is -5.32. The van der Waals surface area contributed by atoms with Crippen LogP contribution in [0.15, 0.2) is 36.7 Å². The van der Waals surface area contributed by atoms with Crippen molar-refractivity contribution in [1.82, 2.24) is 19.5 Å². The summed E-state index contributed by atoms with van der Waals surface area (Å²) in [6.07, 6.45) is 5.74. The molecular weight excluding hydrogens is 611 g/mol. The molecule has 48 heavy (non-hydrogen) atoms. The number of rotatable bonds is 8. The summed E-state index contributed by atoms with van der Waals surface area (Å²) in [6, 6.07) is 7.66. The Kier molecular flexibility index (Phi) is 8.40. The molecule has 6 rings (SSSR count). The lowest BCUT2D eigenvalue weighted by Gasteiger charge is -2.30. The second-order valence-corrected chi connectivity index (χ2v) is 13.1. The quantitative estimate of drug-likeness (QED) is 0.149. The predicted molar refractivity (Wildman–Crippen MR) is 185 cm³/mol. The Balaban J connectivity index is 1.65. The van der Waals surface area contributed by atoms with Crippen LogP contribution in [-0.4, -0.2) is 56.1 Å². The van der Waals surface area contributed by atoms with Gasteiger partial charge in [0.25, 0.3) is 0 Å². The normalized spacial score (nSPS) is 12.8. The first kappa shape index (κ1) is 32.6. The van der Waals surface area contributed by atoms with Crippen LogP contribution in [0.5, 0.6) is 11.5 Å². The number of aryl methyl sites for hydroxylation is 2. The van der Waals surface area contributed by atoms with Gasteiger partial charge in [0, 0.05) is 77.2 Å². The number of nitrogens with zero attached hydrogens (tertiary/aromatic N) is 4. The molecule has 3 N–H and O–H groups in total. The van der Waals surface area contributed by atoms with Gasteiger partial charge in [0.2, 0.25) is 5.82 Å². The molecule has 5 aromatic rings. The molecule has 0 bridgehead atoms. The number of pyridine rings is 3. The van der Waals surface area contributed by atoms with E-state index in [1.54, 1.807) is 26.4 Å². The number of carboxylic acid groups (broad SMARTS) is 1. The van der Waals surface area contributed by atoms with E-state index < -0.39 is 17.4 Å². The summed E-state index contributed by atoms with van der Waals surface area (Å²) in [5, 5.41) is 21.6. The highest BCUT2D eigenvalue weighted by Crippen LogP contribution is 2.49. The molecule has 0 aliphatic carbocycles. The third-order valence-electron chi connectivity index (χ3n) is 8.67. The minimum atomic E-state index is -1.02. The molecular formula is C37H39FN6O4. The number of benzene rings is 1. The molecule has 5 heterocycles. The van der Waals surface area contributed by atoms with Gasteiger partial charge in [-0.2, -0.15) is 4.39 Å². The fourth-order valence-corrected chi connectivity index (χ4v) is 6.51. The molecule has 0 amide bonds. The van der Waals surface area contributed by atoms with Gasteiger partial charge in [-0.15, -0.1) is 0 Å². The average Bonchev–Trinajstić information content (AvgIpc) is 3.38. The molecule has 1 aliphatic heterocycles. The van der Waals surface area contributed by atoms with Crippen LogP contribution in [0, 0.1) is 25.1 Å². The number of hydrogen-bond donors (Lipinski definition) is 3. The maximum absolute atomic E-state index is 16.5. The van der Waals surface area contributed by atoms with Gasteiger partial charge in [-0.05, 0) is 82.9 Å². The monoisotopic (exact) mass is 650 g/mol. The van der Waals surface area contributed by atoms with E-state index in [-0.39, 0.29) is 17.9 Å². The van der Waals surface area contributed by atoms with Crippen LogP contribution in [0.4, 0.5) is 10.2 Å². The zero-order valence-electron chi connectivity index (χ0n) is 28.2. The van der Waals surface area contributed by atoms with E-state index in [2.05, 4.69) is 15.3 Å². The maximum Gasteiger partial charge on any atom is 0.307 e. The van der Waals surface area contributed by atoms with E-state index in [4.69, 9.17) is 19.9 Å². The molecule has 0 atom stereocenters. The Morgan fingerprint density at radius 3 is 2.65 bits per heavy atom. The summed E-state index contributed by atoms with van der Waals surface area (Å²) in [6.45, 7) is 9.69. The lowest BCUT2D eigenvalue weighted by Crippen LogP contribution is -2.25. The van der Waals surface area contributed by atoms with E-state index in [1.807, 2.05) is 63.6 Å². The van der Waals surface area contributed by atoms with E-state index in [9.17, 15) is 9.90 Å². The second kappa shape index (κ2) is 12.4. The number of hydrogen-bond acceptors (Lipinski definition) is 8. The molecule has 4 aromatic heterocycles. The van der Waals surface area contributed by atoms with Crippen LogP contribution in [-0.2, 0) is 24.7 Å². The third kappa shape index (κ3) is 5.74. The summed E-state index contributed by atoms with van der Waals surface area (Å²) in [7, 11) is 3.66. The molecule has 0 spiro atoms. The molecule has 0 radical (unpaired) electrons. The molecule has 1 aromatic carbocycles. The highest BCUT2D eigenvalue weighted by Gasteiger charge is 2.33. The first-order valence-electron chi connectivity index (χ1n) is 15.9. The lowest BCUT2D eigenvalue weighted by molar-refractivity contribution is -0.136. The molecule has 0 saturated carbocycles. The SMILES string of the molecule is CNc1ncc(-c2cc(-c3cc4c(-c5c(C)c6c(c(F)c5OC(C)(C)C)OCCC6)c(CC(=O)O)c(C)nc4n3C)ccn2)cc1C=N. The minimum Gasteiger partial charge on any atom is -0.490 e. The number of carboxylic acids is 1. The third-order valence-corrected chi connectivity index (χ3v) is 8.67. The van der Waals surface area contributed by atoms with Crippen molar-refractivity contribution in [3.8, 4) is 45.1 Å². The van der Waals surface area contributed by atoms with Crippen LogP contribution in [0.1, 0.15) is 55.1 Å². The summed E-state index contributed by atoms with van der Waals surface area (Å²) in [4.78, 5) is 26.2. The number of halogens is 1. The number of anilines is 1. The van der Waals surface area contributed by atoms with Crippen LogP contribution in [0.2, 0.25) is 0 Å². The van der Waals surface area contributed by atoms with Gasteiger partial charge in [0.1, 0.15) is 17.1 Å². The Labute approximate surface area is 278 Å². The van der Waals surface area contributed by atoms with E-state index in [0.29, 0.717) is 63.5 Å². The Bertz CT molecular complexity index is 2110. The van der Waals surface area contributed by atoms with Gasteiger partial charge in [-0.3, -0.25) is 9.78 Å². The fraction of sp³-hybridized carbons (Fsp3) is 0.324. The van der Waals surface area contributed by atoms with E-state index in [1.165, 1.54) is 6.21 Å². The molecule has 0 saturated heterocycles. The lowest BCUT2D eigenvalue weighted by atomic mass is 9.86. The van der Waals surface area contributed by atoms with E-state index >= 15 is 4.39 Å². The standard InChI is InChI=1S/C37H39FN6O4/c1-19-24-9-8-12-47-33(24)32(38)34(48-37(3,4)5)30(19)31-25(16-29(45)46)20(2)43-36-26(31)15-28(44(36)7)21-10-11-41-27(14-21)23-13-22(17-39)35(40-6)42-18-23/h10-11,13-15,17-18,39H,8-9,12,16H2,1-7H3,(H,40,42)(H,45,46). The van der Waals surface area contributed by atoms with Crippen molar-refractivity contribution in [2.24, 2.45) is 7.05 Å². The van der Waals surface area contributed by atoms with Crippen LogP contribution in [0.25, 0.3) is 44.7 Å². The van der Waals surface area contributed by atoms with Gasteiger partial charge in [0.15, 0.2) is 11.5 Å². The number of aliphatic carboxylic acids is 1. The highest BCUT2D eigenvalue weighted by molar-refractivity contribution is 6.02. The highest BCUT2D eigenvalue weighted by atomic mass is 19.1. The Morgan fingerprint density at radius 1 is 1.19 bits per heavy atom. The summed E-state index contributed by atoms with van der Waals surface area (Å²) < 4.78 is 30.7. The molecule has 0 unspecified atom stereocenters. The molecule has 0 fully saturated rings. The topological polar surface area (TPSA) is 135 Å². The molecule has 11 heteroatoms. The first-order chi connectivity index (χ1) is 22.8. The summed E-state index contributed by atoms with van der Waals surface area (Å²) in [5.41, 5.74) is 7.23. The van der Waals surface area contributed by atoms with Crippen molar-refractivity contribution >= 4 is 29.0 Å². The summed E-state index contributed by atoms with van der Waals surface area (Å²) in [5.74, 6) is -0.767. The van der Waals surface area contributed by atoms with Crippen LogP contribution < -0.4 is 14.8 Å². The first-order valence-corrected chi connectivity index (χ1v) is 15.9. The van der Waals surface area contributed by atoms with Crippen molar-refractivity contribution < 1.29 is 23.8 Å². The van der Waals surface area contributed by atoms with Gasteiger partial charge in [-0.25, -0.2) is 9.97 Å². The number of ether oxygens (including phenoxy) is 2. The zero-order chi connectivity index (χ0) is 34.5. The minimum absolute atomic E-state index is 0.0373. The van der Waals surface area contributed by atoms with E-state index in [0.717, 1.165) is 34.4 Å². The number of aromatic nitrogens is 4. The smallest absolute Gasteiger partial charge is 0.307 e. The average molecular weight is 651 g/mol. The van der Waals surface area contributed by atoms with Gasteiger partial charge >= 0.3 is 5.97 Å². The second-order valence-electron chi connectivity index (χ2n) is 13.1. The molecule has 10 nitrogen and oxygen atoms in total. The number of fused-ring (bicyclic) bond motifs is 2. The number of nitrogens with one attached hydrogen (secondary N) is 2. The van der Waals surface area contributed by atoms with Crippen LogP contribution >= 0.6 is 0 Å². The van der Waals surface area contributed by atoms with Gasteiger partial charge < -0.3 is 29.9 Å². The summed E-state index contributed by atoms with van der Waals surface area (Å²) >= 11 is 0. The van der Waals surface area contributed by atoms with Crippen molar-refractivity contribution in [2.45, 2.75) is 59.5 Å². The van der Waals surface area contributed by atoms with Crippen molar-refractivity contribution in [1.29, 1.82) is 5.41 Å². The van der Waals surface area contributed by atoms with Gasteiger partial charge in [-0.1, -0.05) is 0 Å². The van der Waals surface area contributed by atoms with Gasteiger partial charge in [0.05, 0.1) is 24.4 Å². The van der Waals surface area contributed by atoms with Crippen molar-refractivity contribution in [3.05, 3.63) is 70.4 Å². The zero-order valence-corrected chi connectivity index (χ0v) is 28.2. The van der Waals surface area contributed by atoms with Crippen molar-refractivity contribution in [3.63, 3.8) is 0 Å². The number of carbonyl (C=O) groups is 1. The molecule has 248 valence electrons. The largest absolute Gasteiger partial charge is 0.490 e. The van der Waals surface area contributed by atoms with Crippen molar-refractivity contribution in [2.75, 3.05) is 19.0 Å². The Morgan fingerprint density at radius 2 is 1.96 bits per heavy atom. The predicted octanol–water partition coefficient (Wildman–Crippen LogP) is 7.29.